The van der Waals surface area contributed by atoms with E-state index in [1.165, 1.54) is 0 Å². The zero-order chi connectivity index (χ0) is 19.4. The lowest BCUT2D eigenvalue weighted by Gasteiger charge is -2.19. The lowest BCUT2D eigenvalue weighted by molar-refractivity contribution is -0.133. The number of carbonyl (C=O) groups is 3. The number of amides is 4. The van der Waals surface area contributed by atoms with Gasteiger partial charge in [-0.15, -0.1) is 0 Å². The third-order valence-electron chi connectivity index (χ3n) is 4.47. The number of anilines is 1. The first-order chi connectivity index (χ1) is 12.9. The molecule has 1 saturated heterocycles. The number of nitrogens with one attached hydrogen (secondary N) is 2. The molecular formula is C20H21N3O4. The molecule has 1 fully saturated rings. The van der Waals surface area contributed by atoms with Gasteiger partial charge >= 0.3 is 6.03 Å². The van der Waals surface area contributed by atoms with Gasteiger partial charge in [-0.2, -0.15) is 0 Å². The third kappa shape index (κ3) is 4.08. The first-order valence-corrected chi connectivity index (χ1v) is 8.68. The van der Waals surface area contributed by atoms with Crippen molar-refractivity contribution < 1.29 is 19.1 Å². The molecular weight excluding hydrogens is 346 g/mol. The largest absolute Gasteiger partial charge is 0.457 e. The van der Waals surface area contributed by atoms with Gasteiger partial charge in [0.1, 0.15) is 23.6 Å². The third-order valence-corrected chi connectivity index (χ3v) is 4.47. The second-order valence-corrected chi connectivity index (χ2v) is 6.49. The molecule has 2 aromatic carbocycles. The van der Waals surface area contributed by atoms with Crippen LogP contribution in [0.5, 0.6) is 11.5 Å². The number of imide groups is 1. The van der Waals surface area contributed by atoms with E-state index in [1.807, 2.05) is 30.3 Å². The van der Waals surface area contributed by atoms with Crippen LogP contribution in [0.2, 0.25) is 0 Å². The molecule has 4 amide bonds. The molecule has 0 radical (unpaired) electrons. The molecule has 27 heavy (non-hydrogen) atoms. The molecule has 0 aromatic heterocycles. The van der Waals surface area contributed by atoms with Gasteiger partial charge in [-0.25, -0.2) is 4.79 Å². The number of urea groups is 1. The minimum Gasteiger partial charge on any atom is -0.457 e. The number of nitrogens with zero attached hydrogens (tertiary/aromatic N) is 1. The van der Waals surface area contributed by atoms with Crippen LogP contribution in [0.4, 0.5) is 10.5 Å². The topological polar surface area (TPSA) is 87.7 Å². The molecule has 7 heteroatoms. The van der Waals surface area contributed by atoms with E-state index in [1.54, 1.807) is 38.1 Å². The SMILES string of the molecule is CCC1(C)NC(=O)N(CC(=O)Nc2ccc(Oc3ccccc3)cc2)C1=O. The lowest BCUT2D eigenvalue weighted by Crippen LogP contribution is -2.44. The summed E-state index contributed by atoms with van der Waals surface area (Å²) in [5.74, 6) is 0.506. The van der Waals surface area contributed by atoms with Crippen molar-refractivity contribution in [3.8, 4) is 11.5 Å². The van der Waals surface area contributed by atoms with E-state index in [0.29, 0.717) is 23.6 Å². The van der Waals surface area contributed by atoms with E-state index in [9.17, 15) is 14.4 Å². The maximum atomic E-state index is 12.3. The van der Waals surface area contributed by atoms with E-state index < -0.39 is 23.4 Å². The minimum atomic E-state index is -0.951. The van der Waals surface area contributed by atoms with Crippen molar-refractivity contribution in [3.63, 3.8) is 0 Å². The van der Waals surface area contributed by atoms with Crippen molar-refractivity contribution in [2.45, 2.75) is 25.8 Å². The van der Waals surface area contributed by atoms with Crippen LogP contribution in [0.1, 0.15) is 20.3 Å². The molecule has 3 rings (SSSR count). The van der Waals surface area contributed by atoms with Crippen LogP contribution in [-0.2, 0) is 9.59 Å². The molecule has 2 aromatic rings. The van der Waals surface area contributed by atoms with Crippen molar-refractivity contribution >= 4 is 23.5 Å². The fourth-order valence-corrected chi connectivity index (χ4v) is 2.71. The molecule has 1 aliphatic rings. The monoisotopic (exact) mass is 367 g/mol. The van der Waals surface area contributed by atoms with Crippen LogP contribution in [0.15, 0.2) is 54.6 Å². The highest BCUT2D eigenvalue weighted by atomic mass is 16.5. The van der Waals surface area contributed by atoms with Crippen molar-refractivity contribution in [2.24, 2.45) is 0 Å². The molecule has 1 unspecified atom stereocenters. The second kappa shape index (κ2) is 7.49. The fourth-order valence-electron chi connectivity index (χ4n) is 2.71. The van der Waals surface area contributed by atoms with Crippen LogP contribution < -0.4 is 15.4 Å². The molecule has 2 N–H and O–H groups in total. The second-order valence-electron chi connectivity index (χ2n) is 6.49. The predicted octanol–water partition coefficient (Wildman–Crippen LogP) is 3.14. The number of rotatable bonds is 6. The van der Waals surface area contributed by atoms with E-state index in [2.05, 4.69) is 10.6 Å². The summed E-state index contributed by atoms with van der Waals surface area (Å²) < 4.78 is 5.69. The Bertz CT molecular complexity index is 851. The van der Waals surface area contributed by atoms with Gasteiger partial charge in [0.15, 0.2) is 0 Å². The summed E-state index contributed by atoms with van der Waals surface area (Å²) in [7, 11) is 0. The molecule has 0 saturated carbocycles. The van der Waals surface area contributed by atoms with Gasteiger partial charge in [-0.3, -0.25) is 14.5 Å². The number of carbonyl (C=O) groups excluding carboxylic acids is 3. The Morgan fingerprint density at radius 2 is 1.70 bits per heavy atom. The van der Waals surface area contributed by atoms with E-state index in [0.717, 1.165) is 4.90 Å². The molecule has 1 aliphatic heterocycles. The fraction of sp³-hybridized carbons (Fsp3) is 0.250. The van der Waals surface area contributed by atoms with Gasteiger partial charge < -0.3 is 15.4 Å². The Morgan fingerprint density at radius 3 is 2.30 bits per heavy atom. The van der Waals surface area contributed by atoms with Gasteiger partial charge in [0.25, 0.3) is 5.91 Å². The Kier molecular flexibility index (Phi) is 5.12. The van der Waals surface area contributed by atoms with Crippen molar-refractivity contribution in [3.05, 3.63) is 54.6 Å². The minimum absolute atomic E-state index is 0.331. The number of ether oxygens (including phenoxy) is 1. The van der Waals surface area contributed by atoms with E-state index >= 15 is 0 Å². The summed E-state index contributed by atoms with van der Waals surface area (Å²) in [6, 6.07) is 15.6. The normalized spacial score (nSPS) is 19.0. The first kappa shape index (κ1) is 18.4. The van der Waals surface area contributed by atoms with E-state index in [4.69, 9.17) is 4.74 Å². The van der Waals surface area contributed by atoms with Gasteiger partial charge in [0.05, 0.1) is 0 Å². The van der Waals surface area contributed by atoms with Gasteiger partial charge in [-0.05, 0) is 49.7 Å². The standard InChI is InChI=1S/C20H21N3O4/c1-3-20(2)18(25)23(19(26)22-20)13-17(24)21-14-9-11-16(12-10-14)27-15-7-5-4-6-8-15/h4-12H,3,13H2,1-2H3,(H,21,24)(H,22,26). The lowest BCUT2D eigenvalue weighted by atomic mass is 9.99. The Labute approximate surface area is 157 Å². The summed E-state index contributed by atoms with van der Waals surface area (Å²) in [4.78, 5) is 37.4. The Hall–Kier alpha value is -3.35. The van der Waals surface area contributed by atoms with E-state index in [-0.39, 0.29) is 6.54 Å². The van der Waals surface area contributed by atoms with Crippen LogP contribution >= 0.6 is 0 Å². The maximum absolute atomic E-state index is 12.3. The number of benzene rings is 2. The zero-order valence-electron chi connectivity index (χ0n) is 15.2. The van der Waals surface area contributed by atoms with Crippen LogP contribution in [0.25, 0.3) is 0 Å². The summed E-state index contributed by atoms with van der Waals surface area (Å²) in [6.45, 7) is 3.12. The highest BCUT2D eigenvalue weighted by molar-refractivity contribution is 6.09. The molecule has 0 spiro atoms. The van der Waals surface area contributed by atoms with Crippen molar-refractivity contribution in [1.29, 1.82) is 0 Å². The number of para-hydroxylation sites is 1. The van der Waals surface area contributed by atoms with Crippen molar-refractivity contribution in [1.82, 2.24) is 10.2 Å². The molecule has 140 valence electrons. The van der Waals surface area contributed by atoms with Crippen molar-refractivity contribution in [2.75, 3.05) is 11.9 Å². The highest BCUT2D eigenvalue weighted by Gasteiger charge is 2.46. The number of hydrogen-bond donors (Lipinski definition) is 2. The molecule has 0 bridgehead atoms. The predicted molar refractivity (Wildman–Crippen MR) is 101 cm³/mol. The number of hydrogen-bond acceptors (Lipinski definition) is 4. The average molecular weight is 367 g/mol. The van der Waals surface area contributed by atoms with Gasteiger partial charge in [-0.1, -0.05) is 25.1 Å². The molecule has 1 heterocycles. The van der Waals surface area contributed by atoms with Crippen LogP contribution in [0, 0.1) is 0 Å². The van der Waals surface area contributed by atoms with Gasteiger partial charge in [0, 0.05) is 5.69 Å². The van der Waals surface area contributed by atoms with Crippen LogP contribution in [-0.4, -0.2) is 34.8 Å². The first-order valence-electron chi connectivity index (χ1n) is 8.68. The summed E-state index contributed by atoms with van der Waals surface area (Å²) in [5.41, 5.74) is -0.404. The average Bonchev–Trinajstić information content (AvgIpc) is 2.88. The molecule has 7 nitrogen and oxygen atoms in total. The van der Waals surface area contributed by atoms with Gasteiger partial charge in [0.2, 0.25) is 5.91 Å². The smallest absolute Gasteiger partial charge is 0.325 e. The summed E-state index contributed by atoms with van der Waals surface area (Å²) in [6.07, 6.45) is 0.457. The molecule has 1 atom stereocenters. The van der Waals surface area contributed by atoms with Crippen LogP contribution in [0.3, 0.4) is 0 Å². The summed E-state index contributed by atoms with van der Waals surface area (Å²) >= 11 is 0. The maximum Gasteiger partial charge on any atom is 0.325 e. The quantitative estimate of drug-likeness (QED) is 0.768. The Morgan fingerprint density at radius 1 is 1.07 bits per heavy atom. The Balaban J connectivity index is 1.58. The zero-order valence-corrected chi connectivity index (χ0v) is 15.2. The highest BCUT2D eigenvalue weighted by Crippen LogP contribution is 2.23. The molecule has 0 aliphatic carbocycles. The summed E-state index contributed by atoms with van der Waals surface area (Å²) in [5, 5.41) is 5.30.